The van der Waals surface area contributed by atoms with Crippen molar-refractivity contribution in [1.29, 1.82) is 0 Å². The van der Waals surface area contributed by atoms with Crippen LogP contribution in [-0.4, -0.2) is 85.5 Å². The number of ether oxygens (including phenoxy) is 9. The van der Waals surface area contributed by atoms with E-state index in [1.807, 2.05) is 135 Å². The van der Waals surface area contributed by atoms with Crippen molar-refractivity contribution in [2.45, 2.75) is 107 Å². The second kappa shape index (κ2) is 19.3. The maximum atomic E-state index is 11.3. The van der Waals surface area contributed by atoms with Gasteiger partial charge in [0.2, 0.25) is 0 Å². The highest BCUT2D eigenvalue weighted by Gasteiger charge is 2.58. The Hall–Kier alpha value is -4.21. The molecule has 0 saturated carbocycles. The zero-order chi connectivity index (χ0) is 38.7. The van der Waals surface area contributed by atoms with Crippen molar-refractivity contribution < 1.29 is 47.7 Å². The normalized spacial score (nSPS) is 29.6. The van der Waals surface area contributed by atoms with Gasteiger partial charge >= 0.3 is 0 Å². The molecule has 4 aromatic rings. The van der Waals surface area contributed by atoms with Gasteiger partial charge in [-0.15, -0.1) is 0 Å². The summed E-state index contributed by atoms with van der Waals surface area (Å²) in [6, 6.07) is 37.8. The Morgan fingerprint density at radius 2 is 1.07 bits per heavy atom. The molecule has 0 amide bonds. The SMILES string of the molecule is CC1(C)O[C@H]2[C@@H](O1)[C@@H](COCc1ccccc1)O[C@@H](O[C@H]1[C@H](OCc3ccccc3)[C@@H](N=[N+]=[N-])[C@@H](O)O[C@@H]1COCc1ccccc1)[C@@H]2OCc1ccccc1. The minimum Gasteiger partial charge on any atom is -0.374 e. The standard InChI is InChI=1S/C43H49N3O10/c1-43(2)55-37-34(28-49-24-30-17-9-4-10-18-30)53-42(40(39(37)56-43)51-26-32-21-13-6-14-22-32)54-36-33(27-48-23-29-15-7-3-8-16-29)52-41(47)35(45-46-44)38(36)50-25-31-19-11-5-12-20-31/h3-22,33-42,47H,23-28H2,1-2H3/t33-,34-,35-,36-,37+,38-,39+,40-,41+,42+/m1/s1. The summed E-state index contributed by atoms with van der Waals surface area (Å²) in [4.78, 5) is 3.04. The van der Waals surface area contributed by atoms with Gasteiger partial charge in [0, 0.05) is 4.91 Å². The summed E-state index contributed by atoms with van der Waals surface area (Å²) >= 11 is 0. The molecule has 0 bridgehead atoms. The molecule has 56 heavy (non-hydrogen) atoms. The molecule has 3 saturated heterocycles. The highest BCUT2D eigenvalue weighted by atomic mass is 16.8. The van der Waals surface area contributed by atoms with Gasteiger partial charge in [-0.3, -0.25) is 0 Å². The molecule has 0 aliphatic carbocycles. The number of azide groups is 1. The first-order valence-electron chi connectivity index (χ1n) is 19.0. The van der Waals surface area contributed by atoms with E-state index in [0.29, 0.717) is 6.61 Å². The third kappa shape index (κ3) is 10.4. The van der Waals surface area contributed by atoms with E-state index in [0.717, 1.165) is 22.3 Å². The lowest BCUT2D eigenvalue weighted by Gasteiger charge is -2.47. The average Bonchev–Trinajstić information content (AvgIpc) is 3.55. The number of hydrogen-bond acceptors (Lipinski definition) is 11. The molecule has 7 rings (SSSR count). The minimum absolute atomic E-state index is 0.00930. The maximum Gasteiger partial charge on any atom is 0.187 e. The van der Waals surface area contributed by atoms with Crippen LogP contribution in [0.15, 0.2) is 126 Å². The van der Waals surface area contributed by atoms with Gasteiger partial charge in [0.1, 0.15) is 48.8 Å². The van der Waals surface area contributed by atoms with Crippen molar-refractivity contribution in [2.24, 2.45) is 5.11 Å². The Morgan fingerprint density at radius 3 is 1.59 bits per heavy atom. The molecular formula is C43H49N3O10. The molecule has 3 fully saturated rings. The third-order valence-electron chi connectivity index (χ3n) is 9.90. The fourth-order valence-electron chi connectivity index (χ4n) is 7.26. The van der Waals surface area contributed by atoms with Crippen molar-refractivity contribution in [3.05, 3.63) is 154 Å². The third-order valence-corrected chi connectivity index (χ3v) is 9.90. The monoisotopic (exact) mass is 767 g/mol. The minimum atomic E-state index is -1.51. The topological polar surface area (TPSA) is 152 Å². The van der Waals surface area contributed by atoms with E-state index in [2.05, 4.69) is 10.0 Å². The molecule has 0 unspecified atom stereocenters. The van der Waals surface area contributed by atoms with Gasteiger partial charge in [-0.25, -0.2) is 0 Å². The van der Waals surface area contributed by atoms with Crippen LogP contribution < -0.4 is 0 Å². The highest BCUT2D eigenvalue weighted by Crippen LogP contribution is 2.41. The van der Waals surface area contributed by atoms with E-state index in [4.69, 9.17) is 42.6 Å². The van der Waals surface area contributed by atoms with E-state index in [1.54, 1.807) is 0 Å². The fraction of sp³-hybridized carbons (Fsp3) is 0.442. The number of hydrogen-bond donors (Lipinski definition) is 1. The van der Waals surface area contributed by atoms with Gasteiger partial charge in [-0.2, -0.15) is 0 Å². The Bertz CT molecular complexity index is 1820. The van der Waals surface area contributed by atoms with Crippen LogP contribution in [0.5, 0.6) is 0 Å². The van der Waals surface area contributed by atoms with Gasteiger partial charge in [0.25, 0.3) is 0 Å². The van der Waals surface area contributed by atoms with Crippen molar-refractivity contribution >= 4 is 0 Å². The molecule has 1 N–H and O–H groups in total. The van der Waals surface area contributed by atoms with E-state index in [9.17, 15) is 10.6 Å². The van der Waals surface area contributed by atoms with Gasteiger partial charge in [0.15, 0.2) is 18.4 Å². The van der Waals surface area contributed by atoms with Crippen LogP contribution in [0.2, 0.25) is 0 Å². The zero-order valence-corrected chi connectivity index (χ0v) is 31.5. The first kappa shape index (κ1) is 40.0. The van der Waals surface area contributed by atoms with Crippen LogP contribution in [0, 0.1) is 0 Å². The Labute approximate surface area is 326 Å². The van der Waals surface area contributed by atoms with Crippen LogP contribution in [0.3, 0.4) is 0 Å². The predicted molar refractivity (Wildman–Crippen MR) is 203 cm³/mol. The number of fused-ring (bicyclic) bond motifs is 1. The van der Waals surface area contributed by atoms with Crippen molar-refractivity contribution in [3.8, 4) is 0 Å². The van der Waals surface area contributed by atoms with Gasteiger partial charge in [-0.05, 0) is 41.6 Å². The second-order valence-corrected chi connectivity index (χ2v) is 14.5. The summed E-state index contributed by atoms with van der Waals surface area (Å²) in [5.41, 5.74) is 13.4. The molecule has 3 heterocycles. The van der Waals surface area contributed by atoms with Crippen LogP contribution in [0.25, 0.3) is 10.4 Å². The molecule has 0 radical (unpaired) electrons. The number of aliphatic hydroxyl groups excluding tert-OH is 1. The Kier molecular flexibility index (Phi) is 13.8. The summed E-state index contributed by atoms with van der Waals surface area (Å²) < 4.78 is 58.5. The van der Waals surface area contributed by atoms with Crippen molar-refractivity contribution in [2.75, 3.05) is 13.2 Å². The average molecular weight is 768 g/mol. The lowest BCUT2D eigenvalue weighted by molar-refractivity contribution is -0.346. The molecule has 10 atom stereocenters. The van der Waals surface area contributed by atoms with Gasteiger partial charge in [-0.1, -0.05) is 126 Å². The Morgan fingerprint density at radius 1 is 0.607 bits per heavy atom. The Balaban J connectivity index is 1.20. The maximum absolute atomic E-state index is 11.3. The number of aliphatic hydroxyl groups is 1. The lowest BCUT2D eigenvalue weighted by Crippen LogP contribution is -2.64. The van der Waals surface area contributed by atoms with Gasteiger partial charge in [0.05, 0.1) is 39.6 Å². The van der Waals surface area contributed by atoms with E-state index in [1.165, 1.54) is 0 Å². The second-order valence-electron chi connectivity index (χ2n) is 14.5. The van der Waals surface area contributed by atoms with Crippen molar-refractivity contribution in [1.82, 2.24) is 0 Å². The molecular weight excluding hydrogens is 718 g/mol. The van der Waals surface area contributed by atoms with E-state index >= 15 is 0 Å². The molecule has 4 aromatic carbocycles. The fourth-order valence-corrected chi connectivity index (χ4v) is 7.26. The predicted octanol–water partition coefficient (Wildman–Crippen LogP) is 6.62. The summed E-state index contributed by atoms with van der Waals surface area (Å²) in [6.07, 6.45) is -8.10. The van der Waals surface area contributed by atoms with Gasteiger partial charge < -0.3 is 47.7 Å². The number of rotatable bonds is 17. The number of nitrogens with zero attached hydrogens (tertiary/aromatic N) is 3. The lowest BCUT2D eigenvalue weighted by atomic mass is 9.95. The largest absolute Gasteiger partial charge is 0.374 e. The zero-order valence-electron chi connectivity index (χ0n) is 31.5. The van der Waals surface area contributed by atoms with Crippen LogP contribution in [-0.2, 0) is 69.1 Å². The first-order valence-corrected chi connectivity index (χ1v) is 19.0. The molecule has 3 aliphatic heterocycles. The molecule has 0 spiro atoms. The van der Waals surface area contributed by atoms with Crippen molar-refractivity contribution in [3.63, 3.8) is 0 Å². The quantitative estimate of drug-likeness (QED) is 0.0706. The molecule has 296 valence electrons. The van der Waals surface area contributed by atoms with E-state index in [-0.39, 0.29) is 33.0 Å². The first-order chi connectivity index (χ1) is 27.4. The summed E-state index contributed by atoms with van der Waals surface area (Å²) in [7, 11) is 0. The molecule has 13 nitrogen and oxygen atoms in total. The smallest absolute Gasteiger partial charge is 0.187 e. The van der Waals surface area contributed by atoms with Crippen LogP contribution in [0.4, 0.5) is 0 Å². The van der Waals surface area contributed by atoms with E-state index < -0.39 is 67.1 Å². The summed E-state index contributed by atoms with van der Waals surface area (Å²) in [5.74, 6) is -0.959. The summed E-state index contributed by atoms with van der Waals surface area (Å²) in [6.45, 7) is 4.90. The molecule has 13 heteroatoms. The van der Waals surface area contributed by atoms with Crippen LogP contribution >= 0.6 is 0 Å². The number of benzene rings is 4. The van der Waals surface area contributed by atoms with Crippen LogP contribution in [0.1, 0.15) is 36.1 Å². The molecule has 0 aromatic heterocycles. The molecule has 3 aliphatic rings. The highest BCUT2D eigenvalue weighted by molar-refractivity contribution is 5.16. The summed E-state index contributed by atoms with van der Waals surface area (Å²) in [5, 5.41) is 15.2.